The van der Waals surface area contributed by atoms with Crippen LogP contribution in [-0.2, 0) is 4.79 Å². The number of aromatic nitrogens is 3. The molecular formula is C22H19N5OS. The Bertz CT molecular complexity index is 1180. The zero-order chi connectivity index (χ0) is 19.8. The predicted molar refractivity (Wildman–Crippen MR) is 116 cm³/mol. The first-order chi connectivity index (χ1) is 14.2. The fourth-order valence-corrected chi connectivity index (χ4v) is 4.83. The van der Waals surface area contributed by atoms with Crippen molar-refractivity contribution < 1.29 is 4.79 Å². The van der Waals surface area contributed by atoms with Gasteiger partial charge in [0.25, 0.3) is 0 Å². The van der Waals surface area contributed by atoms with Crippen LogP contribution >= 0.6 is 11.3 Å². The van der Waals surface area contributed by atoms with Crippen LogP contribution in [0.25, 0.3) is 32.9 Å². The van der Waals surface area contributed by atoms with Crippen molar-refractivity contribution >= 4 is 33.3 Å². The van der Waals surface area contributed by atoms with Gasteiger partial charge < -0.3 is 10.6 Å². The first-order valence-electron chi connectivity index (χ1n) is 9.54. The molecule has 5 rings (SSSR count). The number of hydrogen-bond donors (Lipinski definition) is 1. The van der Waals surface area contributed by atoms with Gasteiger partial charge in [-0.25, -0.2) is 9.97 Å². The van der Waals surface area contributed by atoms with E-state index in [9.17, 15) is 4.79 Å². The summed E-state index contributed by atoms with van der Waals surface area (Å²) in [6.45, 7) is 0.742. The molecule has 4 aromatic rings. The van der Waals surface area contributed by atoms with Gasteiger partial charge in [-0.05, 0) is 30.5 Å². The molecule has 0 radical (unpaired) electrons. The summed E-state index contributed by atoms with van der Waals surface area (Å²) in [7, 11) is 0. The molecule has 2 N–H and O–H groups in total. The molecule has 6 nitrogen and oxygen atoms in total. The van der Waals surface area contributed by atoms with Gasteiger partial charge in [-0.1, -0.05) is 36.4 Å². The van der Waals surface area contributed by atoms with Crippen LogP contribution in [0.5, 0.6) is 0 Å². The molecule has 4 heterocycles. The summed E-state index contributed by atoms with van der Waals surface area (Å²) in [5.74, 6) is 1.01. The quantitative estimate of drug-likeness (QED) is 0.561. The second kappa shape index (κ2) is 7.25. The van der Waals surface area contributed by atoms with Crippen LogP contribution in [0.1, 0.15) is 12.8 Å². The van der Waals surface area contributed by atoms with Crippen LogP contribution in [0.4, 0.5) is 5.82 Å². The molecule has 144 valence electrons. The third-order valence-corrected chi connectivity index (χ3v) is 6.12. The fourth-order valence-electron chi connectivity index (χ4n) is 3.89. The molecule has 0 bridgehead atoms. The van der Waals surface area contributed by atoms with Crippen LogP contribution in [0.3, 0.4) is 0 Å². The Morgan fingerprint density at radius 2 is 1.93 bits per heavy atom. The summed E-state index contributed by atoms with van der Waals surface area (Å²) in [5.41, 5.74) is 8.59. The molecular weight excluding hydrogens is 382 g/mol. The number of primary amides is 1. The van der Waals surface area contributed by atoms with E-state index in [0.717, 1.165) is 46.5 Å². The van der Waals surface area contributed by atoms with Gasteiger partial charge in [0.2, 0.25) is 5.91 Å². The van der Waals surface area contributed by atoms with Crippen molar-refractivity contribution in [1.29, 1.82) is 0 Å². The molecule has 1 fully saturated rings. The van der Waals surface area contributed by atoms with Gasteiger partial charge in [-0.2, -0.15) is 0 Å². The third kappa shape index (κ3) is 3.13. The molecule has 0 saturated carbocycles. The Morgan fingerprint density at radius 1 is 1.10 bits per heavy atom. The van der Waals surface area contributed by atoms with Gasteiger partial charge in [-0.3, -0.25) is 9.78 Å². The summed E-state index contributed by atoms with van der Waals surface area (Å²) in [4.78, 5) is 29.1. The summed E-state index contributed by atoms with van der Waals surface area (Å²) < 4.78 is 0. The molecule has 0 unspecified atom stereocenters. The molecule has 1 atom stereocenters. The summed E-state index contributed by atoms with van der Waals surface area (Å²) in [6, 6.07) is 15.5. The Kier molecular flexibility index (Phi) is 4.44. The van der Waals surface area contributed by atoms with Crippen LogP contribution < -0.4 is 10.6 Å². The number of anilines is 1. The average Bonchev–Trinajstić information content (AvgIpc) is 3.42. The number of carbonyl (C=O) groups excluding carboxylic acids is 1. The van der Waals surface area contributed by atoms with Gasteiger partial charge in [0.1, 0.15) is 22.4 Å². The zero-order valence-corrected chi connectivity index (χ0v) is 16.5. The fraction of sp³-hybridized carbons (Fsp3) is 0.182. The van der Waals surface area contributed by atoms with E-state index in [0.29, 0.717) is 11.5 Å². The number of pyridine rings is 1. The van der Waals surface area contributed by atoms with Gasteiger partial charge in [0.05, 0.1) is 5.39 Å². The zero-order valence-electron chi connectivity index (χ0n) is 15.7. The second-order valence-corrected chi connectivity index (χ2v) is 7.89. The summed E-state index contributed by atoms with van der Waals surface area (Å²) in [5, 5.41) is 3.07. The second-order valence-electron chi connectivity index (χ2n) is 7.04. The first kappa shape index (κ1) is 17.8. The largest absolute Gasteiger partial charge is 0.368 e. The van der Waals surface area contributed by atoms with Gasteiger partial charge in [0, 0.05) is 23.7 Å². The van der Waals surface area contributed by atoms with E-state index in [4.69, 9.17) is 15.7 Å². The molecule has 1 saturated heterocycles. The van der Waals surface area contributed by atoms with Crippen molar-refractivity contribution in [3.05, 3.63) is 60.1 Å². The molecule has 3 aromatic heterocycles. The molecule has 1 amide bonds. The number of fused-ring (bicyclic) bond motifs is 1. The van der Waals surface area contributed by atoms with E-state index in [2.05, 4.69) is 22.5 Å². The molecule has 1 aliphatic rings. The van der Waals surface area contributed by atoms with Crippen molar-refractivity contribution in [1.82, 2.24) is 15.0 Å². The van der Waals surface area contributed by atoms with Crippen molar-refractivity contribution in [2.45, 2.75) is 18.9 Å². The molecule has 1 aliphatic heterocycles. The lowest BCUT2D eigenvalue weighted by molar-refractivity contribution is -0.119. The van der Waals surface area contributed by atoms with Crippen molar-refractivity contribution in [2.75, 3.05) is 11.4 Å². The highest BCUT2D eigenvalue weighted by molar-refractivity contribution is 7.17. The maximum atomic E-state index is 12.1. The van der Waals surface area contributed by atoms with Crippen LogP contribution in [0, 0.1) is 0 Å². The Labute approximate surface area is 172 Å². The van der Waals surface area contributed by atoms with E-state index in [-0.39, 0.29) is 11.9 Å². The van der Waals surface area contributed by atoms with E-state index in [1.54, 1.807) is 17.5 Å². The van der Waals surface area contributed by atoms with E-state index < -0.39 is 0 Å². The molecule has 7 heteroatoms. The lowest BCUT2D eigenvalue weighted by Crippen LogP contribution is -2.40. The number of benzene rings is 1. The Morgan fingerprint density at radius 3 is 2.69 bits per heavy atom. The van der Waals surface area contributed by atoms with Crippen molar-refractivity contribution in [3.8, 4) is 22.6 Å². The number of nitrogens with two attached hydrogens (primary N) is 1. The minimum absolute atomic E-state index is 0.315. The Balaban J connectivity index is 1.76. The first-order valence-corrected chi connectivity index (χ1v) is 10.4. The monoisotopic (exact) mass is 401 g/mol. The minimum Gasteiger partial charge on any atom is -0.368 e. The third-order valence-electron chi connectivity index (χ3n) is 5.25. The normalized spacial score (nSPS) is 16.4. The number of nitrogens with zero attached hydrogens (tertiary/aromatic N) is 4. The van der Waals surface area contributed by atoms with Gasteiger partial charge in [0.15, 0.2) is 5.82 Å². The molecule has 1 aromatic carbocycles. The summed E-state index contributed by atoms with van der Waals surface area (Å²) >= 11 is 1.58. The van der Waals surface area contributed by atoms with Gasteiger partial charge >= 0.3 is 0 Å². The number of carbonyl (C=O) groups is 1. The van der Waals surface area contributed by atoms with Crippen LogP contribution in [0.2, 0.25) is 0 Å². The molecule has 29 heavy (non-hydrogen) atoms. The molecule has 0 aliphatic carbocycles. The lowest BCUT2D eigenvalue weighted by Gasteiger charge is -2.24. The number of amides is 1. The highest BCUT2D eigenvalue weighted by Gasteiger charge is 2.32. The number of hydrogen-bond acceptors (Lipinski definition) is 6. The predicted octanol–water partition coefficient (Wildman–Crippen LogP) is 3.87. The van der Waals surface area contributed by atoms with E-state index in [1.165, 1.54) is 0 Å². The average molecular weight is 401 g/mol. The standard InChI is InChI=1S/C22H19N5OS/c23-19(28)17-10-6-12-27(17)21-18-15(14-7-2-1-3-8-14)13-29-22(18)26-20(25-21)16-9-4-5-11-24-16/h1-5,7-9,11,13,17H,6,10,12H2,(H2,23,28)/t17-/m1/s1. The van der Waals surface area contributed by atoms with E-state index in [1.807, 2.05) is 41.3 Å². The summed E-state index contributed by atoms with van der Waals surface area (Å²) in [6.07, 6.45) is 3.38. The number of thiophene rings is 1. The topological polar surface area (TPSA) is 85.0 Å². The highest BCUT2D eigenvalue weighted by atomic mass is 32.1. The maximum Gasteiger partial charge on any atom is 0.240 e. The lowest BCUT2D eigenvalue weighted by atomic mass is 10.1. The van der Waals surface area contributed by atoms with Gasteiger partial charge in [-0.15, -0.1) is 11.3 Å². The van der Waals surface area contributed by atoms with Crippen LogP contribution in [-0.4, -0.2) is 33.4 Å². The smallest absolute Gasteiger partial charge is 0.240 e. The van der Waals surface area contributed by atoms with E-state index >= 15 is 0 Å². The van der Waals surface area contributed by atoms with Crippen molar-refractivity contribution in [2.24, 2.45) is 5.73 Å². The van der Waals surface area contributed by atoms with Crippen LogP contribution in [0.15, 0.2) is 60.1 Å². The number of rotatable bonds is 4. The Hall–Kier alpha value is -3.32. The minimum atomic E-state index is -0.354. The van der Waals surface area contributed by atoms with Crippen molar-refractivity contribution in [3.63, 3.8) is 0 Å². The maximum absolute atomic E-state index is 12.1. The molecule has 0 spiro atoms. The highest BCUT2D eigenvalue weighted by Crippen LogP contribution is 2.41. The SMILES string of the molecule is NC(=O)[C@H]1CCCN1c1nc(-c2ccccn2)nc2scc(-c3ccccc3)c12.